The number of β-amino-alcohol motifs (C(OH)–C–C–N with tert-alkyl or cyclic N) is 1. The maximum absolute atomic E-state index is 12.1. The summed E-state index contributed by atoms with van der Waals surface area (Å²) in [6.45, 7) is 2.72. The molecule has 3 N–H and O–H groups in total. The third kappa shape index (κ3) is 5.88. The maximum Gasteiger partial charge on any atom is 0.319 e. The van der Waals surface area contributed by atoms with Gasteiger partial charge in [-0.15, -0.1) is 0 Å². The predicted molar refractivity (Wildman–Crippen MR) is 98.2 cm³/mol. The first-order chi connectivity index (χ1) is 11.9. The molecule has 0 aliphatic carbocycles. The van der Waals surface area contributed by atoms with Gasteiger partial charge >= 0.3 is 6.03 Å². The summed E-state index contributed by atoms with van der Waals surface area (Å²) in [5.74, 6) is -0.241. The Bertz CT molecular complexity index is 618. The number of aliphatic hydroxyl groups is 1. The molecule has 1 aromatic rings. The summed E-state index contributed by atoms with van der Waals surface area (Å²) in [5, 5.41) is 15.6. The van der Waals surface area contributed by atoms with Crippen LogP contribution < -0.4 is 10.6 Å². The number of carbonyl (C=O) groups is 2. The van der Waals surface area contributed by atoms with E-state index in [0.717, 1.165) is 25.9 Å². The van der Waals surface area contributed by atoms with Crippen LogP contribution in [0.5, 0.6) is 0 Å². The predicted octanol–water partition coefficient (Wildman–Crippen LogP) is 1.62. The molecular formula is C17H25ClN4O3. The number of likely N-dealkylation sites (tertiary alicyclic amines) is 1. The van der Waals surface area contributed by atoms with E-state index in [0.29, 0.717) is 22.8 Å². The van der Waals surface area contributed by atoms with Crippen molar-refractivity contribution in [2.75, 3.05) is 45.6 Å². The van der Waals surface area contributed by atoms with Crippen molar-refractivity contribution in [2.24, 2.45) is 0 Å². The van der Waals surface area contributed by atoms with Gasteiger partial charge in [-0.25, -0.2) is 4.79 Å². The van der Waals surface area contributed by atoms with Gasteiger partial charge < -0.3 is 25.5 Å². The summed E-state index contributed by atoms with van der Waals surface area (Å²) in [7, 11) is 3.26. The topological polar surface area (TPSA) is 84.9 Å². The molecule has 1 aliphatic heterocycles. The number of hydrogen-bond acceptors (Lipinski definition) is 4. The lowest BCUT2D eigenvalue weighted by molar-refractivity contribution is 0.0827. The highest BCUT2D eigenvalue weighted by Gasteiger charge is 2.17. The van der Waals surface area contributed by atoms with Crippen LogP contribution in [-0.2, 0) is 0 Å². The van der Waals surface area contributed by atoms with E-state index in [9.17, 15) is 14.7 Å². The van der Waals surface area contributed by atoms with Gasteiger partial charge in [-0.1, -0.05) is 11.6 Å². The average molecular weight is 369 g/mol. The average Bonchev–Trinajstić information content (AvgIpc) is 3.07. The van der Waals surface area contributed by atoms with Crippen molar-refractivity contribution in [1.29, 1.82) is 0 Å². The highest BCUT2D eigenvalue weighted by molar-refractivity contribution is 6.34. The van der Waals surface area contributed by atoms with Gasteiger partial charge in [0.05, 0.1) is 16.7 Å². The van der Waals surface area contributed by atoms with Gasteiger partial charge in [0.2, 0.25) is 0 Å². The molecule has 1 saturated heterocycles. The molecule has 0 spiro atoms. The Morgan fingerprint density at radius 1 is 1.32 bits per heavy atom. The molecule has 0 saturated carbocycles. The van der Waals surface area contributed by atoms with Gasteiger partial charge in [0.1, 0.15) is 0 Å². The molecule has 3 amide bonds. The van der Waals surface area contributed by atoms with Crippen LogP contribution in [0, 0.1) is 0 Å². The summed E-state index contributed by atoms with van der Waals surface area (Å²) < 4.78 is 0. The number of anilines is 1. The first kappa shape index (κ1) is 19.5. The summed E-state index contributed by atoms with van der Waals surface area (Å²) in [5.41, 5.74) is 0.777. The lowest BCUT2D eigenvalue weighted by Crippen LogP contribution is -2.40. The molecule has 138 valence electrons. The van der Waals surface area contributed by atoms with Crippen molar-refractivity contribution in [2.45, 2.75) is 18.9 Å². The number of amides is 3. The fourth-order valence-corrected chi connectivity index (χ4v) is 2.92. The Kier molecular flexibility index (Phi) is 7.04. The minimum atomic E-state index is -0.611. The number of hydrogen-bond donors (Lipinski definition) is 3. The number of rotatable bonds is 6. The number of nitrogens with one attached hydrogen (secondary N) is 2. The van der Waals surface area contributed by atoms with Crippen LogP contribution in [0.25, 0.3) is 0 Å². The summed E-state index contributed by atoms with van der Waals surface area (Å²) in [6, 6.07) is 4.28. The van der Waals surface area contributed by atoms with E-state index < -0.39 is 12.1 Å². The number of nitrogens with zero attached hydrogens (tertiary/aromatic N) is 2. The van der Waals surface area contributed by atoms with Crippen molar-refractivity contribution in [3.05, 3.63) is 28.8 Å². The van der Waals surface area contributed by atoms with Crippen molar-refractivity contribution in [3.8, 4) is 0 Å². The van der Waals surface area contributed by atoms with Crippen molar-refractivity contribution < 1.29 is 14.7 Å². The van der Waals surface area contributed by atoms with E-state index in [4.69, 9.17) is 11.6 Å². The van der Waals surface area contributed by atoms with Crippen LogP contribution in [-0.4, -0.2) is 73.2 Å². The van der Waals surface area contributed by atoms with Gasteiger partial charge in [-0.3, -0.25) is 4.79 Å². The molecule has 1 aliphatic rings. The van der Waals surface area contributed by atoms with Crippen LogP contribution in [0.1, 0.15) is 23.2 Å². The second kappa shape index (κ2) is 9.03. The van der Waals surface area contributed by atoms with Crippen molar-refractivity contribution >= 4 is 29.2 Å². The Hall–Kier alpha value is -1.83. The summed E-state index contributed by atoms with van der Waals surface area (Å²) in [6.07, 6.45) is 1.70. The molecule has 8 heteroatoms. The highest BCUT2D eigenvalue weighted by atomic mass is 35.5. The molecule has 1 fully saturated rings. The lowest BCUT2D eigenvalue weighted by atomic mass is 10.2. The van der Waals surface area contributed by atoms with Crippen LogP contribution >= 0.6 is 11.6 Å². The molecule has 1 atom stereocenters. The van der Waals surface area contributed by atoms with E-state index in [-0.39, 0.29) is 12.5 Å². The lowest BCUT2D eigenvalue weighted by Gasteiger charge is -2.19. The highest BCUT2D eigenvalue weighted by Crippen LogP contribution is 2.21. The van der Waals surface area contributed by atoms with E-state index in [1.807, 2.05) is 0 Å². The van der Waals surface area contributed by atoms with Gasteiger partial charge in [0, 0.05) is 32.9 Å². The first-order valence-corrected chi connectivity index (χ1v) is 8.71. The van der Waals surface area contributed by atoms with E-state index >= 15 is 0 Å². The first-order valence-electron chi connectivity index (χ1n) is 8.33. The van der Waals surface area contributed by atoms with Gasteiger partial charge in [-0.2, -0.15) is 0 Å². The molecule has 1 unspecified atom stereocenters. The maximum atomic E-state index is 12.1. The molecule has 7 nitrogen and oxygen atoms in total. The second-order valence-electron chi connectivity index (χ2n) is 6.39. The second-order valence-corrected chi connectivity index (χ2v) is 6.80. The quantitative estimate of drug-likeness (QED) is 0.712. The SMILES string of the molecule is CN(C)C(=O)c1cc(NC(=O)NCC(O)CN2CCCC2)ccc1Cl. The number of carbonyl (C=O) groups excluding carboxylic acids is 2. The third-order valence-electron chi connectivity index (χ3n) is 4.03. The molecular weight excluding hydrogens is 344 g/mol. The zero-order chi connectivity index (χ0) is 18.4. The van der Waals surface area contributed by atoms with Gasteiger partial charge in [0.15, 0.2) is 0 Å². The normalized spacial score (nSPS) is 15.7. The number of urea groups is 1. The zero-order valence-electron chi connectivity index (χ0n) is 14.6. The number of aliphatic hydroxyl groups excluding tert-OH is 1. The Morgan fingerprint density at radius 2 is 2.00 bits per heavy atom. The van der Waals surface area contributed by atoms with Crippen molar-refractivity contribution in [1.82, 2.24) is 15.1 Å². The minimum absolute atomic E-state index is 0.166. The number of benzene rings is 1. The molecule has 0 aromatic heterocycles. The zero-order valence-corrected chi connectivity index (χ0v) is 15.3. The fourth-order valence-electron chi connectivity index (χ4n) is 2.72. The fraction of sp³-hybridized carbons (Fsp3) is 0.529. The third-order valence-corrected chi connectivity index (χ3v) is 4.36. The van der Waals surface area contributed by atoms with E-state index in [1.54, 1.807) is 26.2 Å². The summed E-state index contributed by atoms with van der Waals surface area (Å²) >= 11 is 6.04. The van der Waals surface area contributed by atoms with Crippen molar-refractivity contribution in [3.63, 3.8) is 0 Å². The van der Waals surface area contributed by atoms with Crippen LogP contribution in [0.2, 0.25) is 5.02 Å². The Labute approximate surface area is 152 Å². The van der Waals surface area contributed by atoms with Gasteiger partial charge in [-0.05, 0) is 44.1 Å². The minimum Gasteiger partial charge on any atom is -0.390 e. The van der Waals surface area contributed by atoms with Crippen LogP contribution in [0.15, 0.2) is 18.2 Å². The Morgan fingerprint density at radius 3 is 2.64 bits per heavy atom. The van der Waals surface area contributed by atoms with E-state index in [1.165, 1.54) is 11.0 Å². The van der Waals surface area contributed by atoms with E-state index in [2.05, 4.69) is 15.5 Å². The molecule has 0 radical (unpaired) electrons. The molecule has 0 bridgehead atoms. The molecule has 1 aromatic carbocycles. The van der Waals surface area contributed by atoms with Crippen LogP contribution in [0.3, 0.4) is 0 Å². The van der Waals surface area contributed by atoms with Crippen LogP contribution in [0.4, 0.5) is 10.5 Å². The van der Waals surface area contributed by atoms with Gasteiger partial charge in [0.25, 0.3) is 5.91 Å². The smallest absolute Gasteiger partial charge is 0.319 e. The number of halogens is 1. The largest absolute Gasteiger partial charge is 0.390 e. The molecule has 2 rings (SSSR count). The summed E-state index contributed by atoms with van der Waals surface area (Å²) in [4.78, 5) is 27.6. The Balaban J connectivity index is 1.85. The standard InChI is InChI=1S/C17H25ClN4O3/c1-21(2)16(24)14-9-12(5-6-15(14)18)20-17(25)19-10-13(23)11-22-7-3-4-8-22/h5-6,9,13,23H,3-4,7-8,10-11H2,1-2H3,(H2,19,20,25). The molecule has 1 heterocycles. The molecule has 25 heavy (non-hydrogen) atoms. The monoisotopic (exact) mass is 368 g/mol.